The molecule has 110 valence electrons. The molecule has 2 aromatic rings. The third-order valence-electron chi connectivity index (χ3n) is 3.63. The number of benzene rings is 1. The van der Waals surface area contributed by atoms with Gasteiger partial charge < -0.3 is 9.64 Å². The first-order valence-corrected chi connectivity index (χ1v) is 7.60. The van der Waals surface area contributed by atoms with Gasteiger partial charge in [-0.1, -0.05) is 48.9 Å². The van der Waals surface area contributed by atoms with E-state index in [0.717, 1.165) is 37.5 Å². The molecular formula is C16H18ClN3O. The van der Waals surface area contributed by atoms with Gasteiger partial charge in [0.15, 0.2) is 5.82 Å². The van der Waals surface area contributed by atoms with Crippen LogP contribution < -0.4 is 4.90 Å². The molecule has 1 unspecified atom stereocenters. The van der Waals surface area contributed by atoms with Crippen molar-refractivity contribution in [1.82, 2.24) is 9.97 Å². The summed E-state index contributed by atoms with van der Waals surface area (Å²) in [6, 6.07) is 11.7. The number of nitrogens with zero attached hydrogens (tertiary/aromatic N) is 3. The lowest BCUT2D eigenvalue weighted by Crippen LogP contribution is -2.42. The van der Waals surface area contributed by atoms with Gasteiger partial charge in [0.1, 0.15) is 11.0 Å². The minimum absolute atomic E-state index is 0.257. The Hall–Kier alpha value is -1.65. The first-order valence-electron chi connectivity index (χ1n) is 7.23. The van der Waals surface area contributed by atoms with Crippen LogP contribution in [0.25, 0.3) is 11.4 Å². The highest BCUT2D eigenvalue weighted by Crippen LogP contribution is 2.24. The van der Waals surface area contributed by atoms with Crippen molar-refractivity contribution in [2.24, 2.45) is 0 Å². The van der Waals surface area contributed by atoms with E-state index >= 15 is 0 Å². The maximum absolute atomic E-state index is 6.18. The number of morpholine rings is 1. The largest absolute Gasteiger partial charge is 0.375 e. The van der Waals surface area contributed by atoms with E-state index in [0.29, 0.717) is 11.0 Å². The number of anilines is 1. The van der Waals surface area contributed by atoms with Gasteiger partial charge in [0.2, 0.25) is 0 Å². The Bertz CT molecular complexity index is 606. The third-order valence-corrected chi connectivity index (χ3v) is 3.83. The number of halogens is 1. The Morgan fingerprint density at radius 1 is 1.29 bits per heavy atom. The van der Waals surface area contributed by atoms with Crippen molar-refractivity contribution >= 4 is 17.4 Å². The zero-order valence-corrected chi connectivity index (χ0v) is 12.8. The lowest BCUT2D eigenvalue weighted by molar-refractivity contribution is 0.0381. The predicted octanol–water partition coefficient (Wildman–Crippen LogP) is 3.41. The molecule has 4 nitrogen and oxygen atoms in total. The summed E-state index contributed by atoms with van der Waals surface area (Å²) >= 11 is 6.18. The maximum atomic E-state index is 6.18. The molecule has 0 amide bonds. The summed E-state index contributed by atoms with van der Waals surface area (Å²) in [5, 5.41) is 0.471. The van der Waals surface area contributed by atoms with Crippen LogP contribution in [0.2, 0.25) is 5.15 Å². The van der Waals surface area contributed by atoms with Crippen LogP contribution >= 0.6 is 11.6 Å². The minimum atomic E-state index is 0.257. The van der Waals surface area contributed by atoms with E-state index in [1.54, 1.807) is 0 Å². The summed E-state index contributed by atoms with van der Waals surface area (Å²) in [7, 11) is 0. The highest BCUT2D eigenvalue weighted by molar-refractivity contribution is 6.29. The van der Waals surface area contributed by atoms with Crippen LogP contribution in [0.1, 0.15) is 13.3 Å². The summed E-state index contributed by atoms with van der Waals surface area (Å²) in [6.07, 6.45) is 1.26. The molecule has 5 heteroatoms. The molecule has 0 aliphatic carbocycles. The quantitative estimate of drug-likeness (QED) is 0.815. The Kier molecular flexibility index (Phi) is 4.36. The predicted molar refractivity (Wildman–Crippen MR) is 84.7 cm³/mol. The smallest absolute Gasteiger partial charge is 0.163 e. The van der Waals surface area contributed by atoms with Crippen molar-refractivity contribution in [2.45, 2.75) is 19.4 Å². The van der Waals surface area contributed by atoms with Crippen LogP contribution in [0.3, 0.4) is 0 Å². The van der Waals surface area contributed by atoms with Crippen LogP contribution in [0.5, 0.6) is 0 Å². The van der Waals surface area contributed by atoms with E-state index in [1.807, 2.05) is 36.4 Å². The van der Waals surface area contributed by atoms with Crippen LogP contribution in [0, 0.1) is 0 Å². The SMILES string of the molecule is CCC1CN(c2cc(Cl)nc(-c3ccccc3)n2)CCO1. The van der Waals surface area contributed by atoms with Crippen molar-refractivity contribution in [3.05, 3.63) is 41.6 Å². The van der Waals surface area contributed by atoms with Crippen molar-refractivity contribution in [3.8, 4) is 11.4 Å². The Morgan fingerprint density at radius 2 is 2.10 bits per heavy atom. The van der Waals surface area contributed by atoms with Gasteiger partial charge in [0.25, 0.3) is 0 Å². The summed E-state index contributed by atoms with van der Waals surface area (Å²) in [6.45, 7) is 4.54. The molecule has 2 heterocycles. The molecule has 0 saturated carbocycles. The lowest BCUT2D eigenvalue weighted by Gasteiger charge is -2.33. The highest BCUT2D eigenvalue weighted by Gasteiger charge is 2.21. The monoisotopic (exact) mass is 303 g/mol. The molecule has 0 N–H and O–H groups in total. The Morgan fingerprint density at radius 3 is 2.86 bits per heavy atom. The fourth-order valence-corrected chi connectivity index (χ4v) is 2.64. The molecule has 1 aliphatic heterocycles. The van der Waals surface area contributed by atoms with Gasteiger partial charge in [0, 0.05) is 24.7 Å². The second-order valence-electron chi connectivity index (χ2n) is 5.09. The Balaban J connectivity index is 1.91. The first kappa shape index (κ1) is 14.3. The van der Waals surface area contributed by atoms with E-state index < -0.39 is 0 Å². The molecule has 0 spiro atoms. The van der Waals surface area contributed by atoms with Gasteiger partial charge in [-0.3, -0.25) is 0 Å². The van der Waals surface area contributed by atoms with Crippen LogP contribution in [0.15, 0.2) is 36.4 Å². The lowest BCUT2D eigenvalue weighted by atomic mass is 10.2. The molecule has 1 atom stereocenters. The summed E-state index contributed by atoms with van der Waals surface area (Å²) in [5.41, 5.74) is 0.974. The van der Waals surface area contributed by atoms with Gasteiger partial charge in [-0.25, -0.2) is 9.97 Å². The molecule has 21 heavy (non-hydrogen) atoms. The molecule has 1 aliphatic rings. The van der Waals surface area contributed by atoms with E-state index in [1.165, 1.54) is 0 Å². The average molecular weight is 304 g/mol. The van der Waals surface area contributed by atoms with E-state index in [2.05, 4.69) is 21.8 Å². The highest BCUT2D eigenvalue weighted by atomic mass is 35.5. The third kappa shape index (κ3) is 3.34. The zero-order chi connectivity index (χ0) is 14.7. The summed E-state index contributed by atoms with van der Waals surface area (Å²) < 4.78 is 5.71. The van der Waals surface area contributed by atoms with Crippen LogP contribution in [0.4, 0.5) is 5.82 Å². The molecule has 1 aromatic heterocycles. The van der Waals surface area contributed by atoms with Gasteiger partial charge in [0.05, 0.1) is 12.7 Å². The van der Waals surface area contributed by atoms with Gasteiger partial charge in [-0.2, -0.15) is 0 Å². The number of rotatable bonds is 3. The molecule has 1 fully saturated rings. The Labute approximate surface area is 129 Å². The average Bonchev–Trinajstić information content (AvgIpc) is 2.55. The van der Waals surface area contributed by atoms with Gasteiger partial charge in [-0.05, 0) is 6.42 Å². The number of ether oxygens (including phenoxy) is 1. The van der Waals surface area contributed by atoms with Crippen LogP contribution in [-0.2, 0) is 4.74 Å². The number of hydrogen-bond acceptors (Lipinski definition) is 4. The van der Waals surface area contributed by atoms with Gasteiger partial charge >= 0.3 is 0 Å². The van der Waals surface area contributed by atoms with Crippen molar-refractivity contribution in [1.29, 1.82) is 0 Å². The van der Waals surface area contributed by atoms with Crippen LogP contribution in [-0.4, -0.2) is 35.8 Å². The normalized spacial score (nSPS) is 18.8. The summed E-state index contributed by atoms with van der Waals surface area (Å²) in [4.78, 5) is 11.2. The maximum Gasteiger partial charge on any atom is 0.163 e. The van der Waals surface area contributed by atoms with E-state index in [-0.39, 0.29) is 6.10 Å². The second kappa shape index (κ2) is 6.41. The van der Waals surface area contributed by atoms with Gasteiger partial charge in [-0.15, -0.1) is 0 Å². The molecule has 3 rings (SSSR count). The number of hydrogen-bond donors (Lipinski definition) is 0. The molecule has 0 bridgehead atoms. The fraction of sp³-hybridized carbons (Fsp3) is 0.375. The summed E-state index contributed by atoms with van der Waals surface area (Å²) in [5.74, 6) is 1.54. The molecule has 0 radical (unpaired) electrons. The number of aromatic nitrogens is 2. The molecular weight excluding hydrogens is 286 g/mol. The fourth-order valence-electron chi connectivity index (χ4n) is 2.46. The standard InChI is InChI=1S/C16H18ClN3O/c1-2-13-11-20(8-9-21-13)15-10-14(17)18-16(19-15)12-6-4-3-5-7-12/h3-7,10,13H,2,8-9,11H2,1H3. The molecule has 1 aromatic carbocycles. The topological polar surface area (TPSA) is 38.2 Å². The van der Waals surface area contributed by atoms with E-state index in [4.69, 9.17) is 16.3 Å². The second-order valence-corrected chi connectivity index (χ2v) is 5.47. The van der Waals surface area contributed by atoms with Crippen molar-refractivity contribution < 1.29 is 4.74 Å². The minimum Gasteiger partial charge on any atom is -0.375 e. The van der Waals surface area contributed by atoms with E-state index in [9.17, 15) is 0 Å². The zero-order valence-electron chi connectivity index (χ0n) is 12.0. The van der Waals surface area contributed by atoms with Crippen molar-refractivity contribution in [3.63, 3.8) is 0 Å². The molecule has 1 saturated heterocycles. The first-order chi connectivity index (χ1) is 10.3. The van der Waals surface area contributed by atoms with Crippen molar-refractivity contribution in [2.75, 3.05) is 24.6 Å².